The molecule has 0 spiro atoms. The van der Waals surface area contributed by atoms with E-state index in [1.54, 1.807) is 6.07 Å². The molecule has 0 radical (unpaired) electrons. The number of nitrogens with zero attached hydrogens (tertiary/aromatic N) is 2. The van der Waals surface area contributed by atoms with Gasteiger partial charge in [0, 0.05) is 17.0 Å². The molecule has 106 valence electrons. The van der Waals surface area contributed by atoms with Crippen molar-refractivity contribution in [1.82, 2.24) is 15.3 Å². The SMILES string of the molecule is CCC(NC)c1ccc(Sc2nc(N)cc(N)n2)cc1. The Hall–Kier alpha value is -1.79. The van der Waals surface area contributed by atoms with Crippen molar-refractivity contribution >= 4 is 23.4 Å². The summed E-state index contributed by atoms with van der Waals surface area (Å²) >= 11 is 1.45. The van der Waals surface area contributed by atoms with E-state index in [0.717, 1.165) is 11.3 Å². The molecule has 0 fully saturated rings. The maximum atomic E-state index is 5.66. The third-order valence-corrected chi connectivity index (χ3v) is 3.87. The van der Waals surface area contributed by atoms with Crippen LogP contribution in [0.4, 0.5) is 11.6 Å². The summed E-state index contributed by atoms with van der Waals surface area (Å²) in [6.45, 7) is 2.16. The molecule has 0 bridgehead atoms. The quantitative estimate of drug-likeness (QED) is 0.733. The van der Waals surface area contributed by atoms with Gasteiger partial charge in [0.05, 0.1) is 0 Å². The summed E-state index contributed by atoms with van der Waals surface area (Å²) in [5.74, 6) is 0.774. The normalized spacial score (nSPS) is 12.3. The van der Waals surface area contributed by atoms with Gasteiger partial charge in [0.15, 0.2) is 5.16 Å². The van der Waals surface area contributed by atoms with Crippen LogP contribution in [0.1, 0.15) is 24.9 Å². The lowest BCUT2D eigenvalue weighted by Crippen LogP contribution is -2.14. The molecule has 0 aliphatic rings. The van der Waals surface area contributed by atoms with Crippen molar-refractivity contribution in [2.24, 2.45) is 0 Å². The fourth-order valence-corrected chi connectivity index (χ4v) is 2.77. The van der Waals surface area contributed by atoms with E-state index in [2.05, 4.69) is 46.5 Å². The van der Waals surface area contributed by atoms with Gasteiger partial charge in [-0.05, 0) is 42.9 Å². The van der Waals surface area contributed by atoms with E-state index >= 15 is 0 Å². The number of nitrogen functional groups attached to an aromatic ring is 2. The molecule has 5 N–H and O–H groups in total. The number of benzene rings is 1. The highest BCUT2D eigenvalue weighted by Gasteiger charge is 2.07. The Kier molecular flexibility index (Phi) is 4.81. The molecule has 2 aromatic rings. The maximum Gasteiger partial charge on any atom is 0.196 e. The lowest BCUT2D eigenvalue weighted by Gasteiger charge is -2.14. The first kappa shape index (κ1) is 14.6. The molecule has 0 saturated heterocycles. The second kappa shape index (κ2) is 6.58. The van der Waals surface area contributed by atoms with Crippen molar-refractivity contribution in [2.75, 3.05) is 18.5 Å². The van der Waals surface area contributed by atoms with Crippen LogP contribution in [0.15, 0.2) is 40.4 Å². The third kappa shape index (κ3) is 3.61. The van der Waals surface area contributed by atoms with Crippen molar-refractivity contribution < 1.29 is 0 Å². The molecular formula is C14H19N5S. The summed E-state index contributed by atoms with van der Waals surface area (Å²) in [4.78, 5) is 9.37. The fourth-order valence-electron chi connectivity index (χ4n) is 1.99. The van der Waals surface area contributed by atoms with Gasteiger partial charge in [-0.3, -0.25) is 0 Å². The second-order valence-corrected chi connectivity index (χ2v) is 5.46. The summed E-state index contributed by atoms with van der Waals surface area (Å²) in [6.07, 6.45) is 1.05. The zero-order chi connectivity index (χ0) is 14.5. The Bertz CT molecular complexity index is 546. The maximum absolute atomic E-state index is 5.66. The molecule has 5 nitrogen and oxygen atoms in total. The van der Waals surface area contributed by atoms with E-state index in [1.165, 1.54) is 17.3 Å². The highest BCUT2D eigenvalue weighted by atomic mass is 32.2. The van der Waals surface area contributed by atoms with Crippen molar-refractivity contribution in [2.45, 2.75) is 29.4 Å². The molecule has 20 heavy (non-hydrogen) atoms. The molecule has 1 aromatic carbocycles. The van der Waals surface area contributed by atoms with Crippen molar-refractivity contribution in [1.29, 1.82) is 0 Å². The van der Waals surface area contributed by atoms with Crippen LogP contribution in [-0.4, -0.2) is 17.0 Å². The minimum atomic E-state index is 0.383. The minimum Gasteiger partial charge on any atom is -0.383 e. The van der Waals surface area contributed by atoms with Gasteiger partial charge in [-0.2, -0.15) is 0 Å². The van der Waals surface area contributed by atoms with Crippen LogP contribution >= 0.6 is 11.8 Å². The first-order valence-corrected chi connectivity index (χ1v) is 7.29. The lowest BCUT2D eigenvalue weighted by atomic mass is 10.1. The number of hydrogen-bond acceptors (Lipinski definition) is 6. The molecule has 0 amide bonds. The Morgan fingerprint density at radius 3 is 2.25 bits per heavy atom. The Balaban J connectivity index is 2.14. The third-order valence-electron chi connectivity index (χ3n) is 2.99. The van der Waals surface area contributed by atoms with Gasteiger partial charge in [0.1, 0.15) is 11.6 Å². The molecule has 1 aromatic heterocycles. The molecule has 1 unspecified atom stereocenters. The van der Waals surface area contributed by atoms with E-state index in [-0.39, 0.29) is 0 Å². The average Bonchev–Trinajstić information content (AvgIpc) is 2.41. The van der Waals surface area contributed by atoms with Gasteiger partial charge in [0.2, 0.25) is 0 Å². The zero-order valence-electron chi connectivity index (χ0n) is 11.6. The van der Waals surface area contributed by atoms with Gasteiger partial charge >= 0.3 is 0 Å². The molecule has 0 saturated carbocycles. The zero-order valence-corrected chi connectivity index (χ0v) is 12.4. The summed E-state index contributed by atoms with van der Waals surface area (Å²) in [7, 11) is 1.97. The number of hydrogen-bond donors (Lipinski definition) is 3. The molecule has 0 aliphatic carbocycles. The number of anilines is 2. The van der Waals surface area contributed by atoms with Gasteiger partial charge in [0.25, 0.3) is 0 Å². The number of rotatable bonds is 5. The highest BCUT2D eigenvalue weighted by Crippen LogP contribution is 2.27. The van der Waals surface area contributed by atoms with Crippen molar-refractivity contribution in [3.63, 3.8) is 0 Å². The summed E-state index contributed by atoms with van der Waals surface area (Å²) in [6, 6.07) is 10.3. The van der Waals surface area contributed by atoms with Crippen LogP contribution in [0.2, 0.25) is 0 Å². The first-order valence-electron chi connectivity index (χ1n) is 6.47. The van der Waals surface area contributed by atoms with Crippen molar-refractivity contribution in [3.05, 3.63) is 35.9 Å². The predicted molar refractivity (Wildman–Crippen MR) is 83.5 cm³/mol. The molecule has 2 rings (SSSR count). The standard InChI is InChI=1S/C14H19N5S/c1-3-11(17-2)9-4-6-10(7-5-9)20-14-18-12(15)8-13(16)19-14/h4-8,11,17H,3H2,1-2H3,(H4,15,16,18,19). The van der Waals surface area contributed by atoms with Crippen LogP contribution in [0.3, 0.4) is 0 Å². The van der Waals surface area contributed by atoms with Gasteiger partial charge in [-0.15, -0.1) is 0 Å². The predicted octanol–water partition coefficient (Wildman–Crippen LogP) is 2.46. The number of nitrogens with one attached hydrogen (secondary N) is 1. The largest absolute Gasteiger partial charge is 0.383 e. The molecule has 1 atom stereocenters. The van der Waals surface area contributed by atoms with Crippen LogP contribution in [0.25, 0.3) is 0 Å². The number of nitrogens with two attached hydrogens (primary N) is 2. The topological polar surface area (TPSA) is 89.8 Å². The van der Waals surface area contributed by atoms with E-state index < -0.39 is 0 Å². The van der Waals surface area contributed by atoms with Crippen LogP contribution in [0, 0.1) is 0 Å². The summed E-state index contributed by atoms with van der Waals surface area (Å²) in [5, 5.41) is 3.85. The molecule has 1 heterocycles. The van der Waals surface area contributed by atoms with Crippen LogP contribution in [-0.2, 0) is 0 Å². The van der Waals surface area contributed by atoms with E-state index in [1.807, 2.05) is 7.05 Å². The minimum absolute atomic E-state index is 0.383. The Labute approximate surface area is 123 Å². The summed E-state index contributed by atoms with van der Waals surface area (Å²) < 4.78 is 0. The smallest absolute Gasteiger partial charge is 0.196 e. The van der Waals surface area contributed by atoms with Gasteiger partial charge < -0.3 is 16.8 Å². The number of aromatic nitrogens is 2. The second-order valence-electron chi connectivity index (χ2n) is 4.42. The Morgan fingerprint density at radius 2 is 1.75 bits per heavy atom. The average molecular weight is 289 g/mol. The summed E-state index contributed by atoms with van der Waals surface area (Å²) in [5.41, 5.74) is 12.6. The first-order chi connectivity index (χ1) is 9.62. The van der Waals surface area contributed by atoms with E-state index in [4.69, 9.17) is 11.5 Å². The highest BCUT2D eigenvalue weighted by molar-refractivity contribution is 7.99. The fraction of sp³-hybridized carbons (Fsp3) is 0.286. The molecular weight excluding hydrogens is 270 g/mol. The van der Waals surface area contributed by atoms with E-state index in [9.17, 15) is 0 Å². The van der Waals surface area contributed by atoms with Crippen LogP contribution in [0.5, 0.6) is 0 Å². The molecule has 6 heteroatoms. The van der Waals surface area contributed by atoms with Gasteiger partial charge in [-0.25, -0.2) is 9.97 Å². The van der Waals surface area contributed by atoms with Gasteiger partial charge in [-0.1, -0.05) is 19.1 Å². The van der Waals surface area contributed by atoms with Crippen molar-refractivity contribution in [3.8, 4) is 0 Å². The van der Waals surface area contributed by atoms with E-state index in [0.29, 0.717) is 22.8 Å². The lowest BCUT2D eigenvalue weighted by molar-refractivity contribution is 0.576. The monoisotopic (exact) mass is 289 g/mol. The van der Waals surface area contributed by atoms with Crippen LogP contribution < -0.4 is 16.8 Å². The molecule has 0 aliphatic heterocycles. The Morgan fingerprint density at radius 1 is 1.15 bits per heavy atom.